The Morgan fingerprint density at radius 3 is 2.52 bits per heavy atom. The Balaban J connectivity index is 1.95. The molecule has 1 aliphatic heterocycles. The maximum absolute atomic E-state index is 10.7. The number of non-ortho nitro benzene ring substituents is 1. The highest BCUT2D eigenvalue weighted by molar-refractivity contribution is 5.48. The van der Waals surface area contributed by atoms with Crippen LogP contribution in [-0.2, 0) is 0 Å². The van der Waals surface area contributed by atoms with Gasteiger partial charge in [-0.3, -0.25) is 15.0 Å². The molecule has 21 heavy (non-hydrogen) atoms. The van der Waals surface area contributed by atoms with Gasteiger partial charge in [-0.05, 0) is 32.8 Å². The third-order valence-corrected chi connectivity index (χ3v) is 4.10. The van der Waals surface area contributed by atoms with Gasteiger partial charge in [0, 0.05) is 24.7 Å². The standard InChI is InChI=1S/C15H22N2O4/c1-11-4-5-12(2)16(11)8-9-21-14-7-6-13(17(18)19)10-15(14)20-3/h6-7,10-12H,4-5,8-9H2,1-3H3. The van der Waals surface area contributed by atoms with Gasteiger partial charge in [0.15, 0.2) is 11.5 Å². The molecule has 0 radical (unpaired) electrons. The Bertz CT molecular complexity index is 496. The minimum absolute atomic E-state index is 0.000914. The van der Waals surface area contributed by atoms with Crippen molar-refractivity contribution in [2.75, 3.05) is 20.3 Å². The summed E-state index contributed by atoms with van der Waals surface area (Å²) in [6.45, 7) is 5.86. The molecule has 0 aliphatic carbocycles. The van der Waals surface area contributed by atoms with Gasteiger partial charge in [0.05, 0.1) is 18.1 Å². The predicted octanol–water partition coefficient (Wildman–Crippen LogP) is 2.86. The maximum Gasteiger partial charge on any atom is 0.273 e. The van der Waals surface area contributed by atoms with Crippen LogP contribution in [-0.4, -0.2) is 42.2 Å². The van der Waals surface area contributed by atoms with Gasteiger partial charge in [-0.2, -0.15) is 0 Å². The number of nitro groups is 1. The fourth-order valence-electron chi connectivity index (χ4n) is 2.84. The first-order valence-corrected chi connectivity index (χ1v) is 7.24. The van der Waals surface area contributed by atoms with Crippen LogP contribution < -0.4 is 9.47 Å². The average Bonchev–Trinajstić information content (AvgIpc) is 2.79. The molecule has 0 N–H and O–H groups in total. The van der Waals surface area contributed by atoms with E-state index in [4.69, 9.17) is 9.47 Å². The lowest BCUT2D eigenvalue weighted by molar-refractivity contribution is -0.384. The van der Waals surface area contributed by atoms with E-state index in [9.17, 15) is 10.1 Å². The Morgan fingerprint density at radius 2 is 1.95 bits per heavy atom. The highest BCUT2D eigenvalue weighted by Gasteiger charge is 2.26. The summed E-state index contributed by atoms with van der Waals surface area (Å²) in [6.07, 6.45) is 2.45. The summed E-state index contributed by atoms with van der Waals surface area (Å²) in [6, 6.07) is 5.58. The molecule has 6 heteroatoms. The second-order valence-electron chi connectivity index (χ2n) is 5.45. The lowest BCUT2D eigenvalue weighted by atomic mass is 10.2. The van der Waals surface area contributed by atoms with Gasteiger partial charge >= 0.3 is 0 Å². The number of likely N-dealkylation sites (tertiary alicyclic amines) is 1. The largest absolute Gasteiger partial charge is 0.493 e. The minimum Gasteiger partial charge on any atom is -0.493 e. The fourth-order valence-corrected chi connectivity index (χ4v) is 2.84. The molecule has 6 nitrogen and oxygen atoms in total. The van der Waals surface area contributed by atoms with Crippen LogP contribution in [0.4, 0.5) is 5.69 Å². The van der Waals surface area contributed by atoms with Gasteiger partial charge in [0.2, 0.25) is 0 Å². The Hall–Kier alpha value is -1.82. The van der Waals surface area contributed by atoms with Crippen LogP contribution in [0.25, 0.3) is 0 Å². The fraction of sp³-hybridized carbons (Fsp3) is 0.600. The summed E-state index contributed by atoms with van der Waals surface area (Å²) >= 11 is 0. The minimum atomic E-state index is -0.445. The smallest absolute Gasteiger partial charge is 0.273 e. The molecule has 0 aromatic heterocycles. The molecule has 0 saturated carbocycles. The normalized spacial score (nSPS) is 22.2. The van der Waals surface area contributed by atoms with Crippen molar-refractivity contribution in [3.63, 3.8) is 0 Å². The molecule has 1 heterocycles. The number of hydrogen-bond acceptors (Lipinski definition) is 5. The van der Waals surface area contributed by atoms with E-state index in [1.807, 2.05) is 0 Å². The molecule has 2 unspecified atom stereocenters. The molecule has 1 saturated heterocycles. The Morgan fingerprint density at radius 1 is 1.29 bits per heavy atom. The topological polar surface area (TPSA) is 64.8 Å². The molecule has 116 valence electrons. The second kappa shape index (κ2) is 6.76. The van der Waals surface area contributed by atoms with Gasteiger partial charge in [-0.1, -0.05) is 0 Å². The van der Waals surface area contributed by atoms with E-state index < -0.39 is 4.92 Å². The first-order valence-electron chi connectivity index (χ1n) is 7.24. The van der Waals surface area contributed by atoms with Crippen LogP contribution in [0.15, 0.2) is 18.2 Å². The van der Waals surface area contributed by atoms with Crippen molar-refractivity contribution in [3.8, 4) is 11.5 Å². The third-order valence-electron chi connectivity index (χ3n) is 4.10. The first kappa shape index (κ1) is 15.6. The van der Waals surface area contributed by atoms with Crippen molar-refractivity contribution in [3.05, 3.63) is 28.3 Å². The van der Waals surface area contributed by atoms with Gasteiger partial charge in [0.1, 0.15) is 6.61 Å². The molecule has 1 aromatic rings. The summed E-state index contributed by atoms with van der Waals surface area (Å²) in [5, 5.41) is 10.7. The molecule has 2 rings (SSSR count). The molecular formula is C15H22N2O4. The van der Waals surface area contributed by atoms with Gasteiger partial charge in [-0.25, -0.2) is 0 Å². The molecule has 1 aromatic carbocycles. The number of ether oxygens (including phenoxy) is 2. The van der Waals surface area contributed by atoms with Gasteiger partial charge < -0.3 is 9.47 Å². The zero-order chi connectivity index (χ0) is 15.4. The van der Waals surface area contributed by atoms with Gasteiger partial charge in [0.25, 0.3) is 5.69 Å². The number of hydrogen-bond donors (Lipinski definition) is 0. The molecule has 1 fully saturated rings. The van der Waals surface area contributed by atoms with Crippen molar-refractivity contribution in [2.45, 2.75) is 38.8 Å². The second-order valence-corrected chi connectivity index (χ2v) is 5.45. The van der Waals surface area contributed by atoms with Crippen molar-refractivity contribution in [2.24, 2.45) is 0 Å². The molecule has 1 aliphatic rings. The zero-order valence-electron chi connectivity index (χ0n) is 12.7. The molecule has 2 atom stereocenters. The average molecular weight is 294 g/mol. The van der Waals surface area contributed by atoms with E-state index in [-0.39, 0.29) is 5.69 Å². The van der Waals surface area contributed by atoms with Crippen molar-refractivity contribution in [1.82, 2.24) is 4.90 Å². The van der Waals surface area contributed by atoms with Crippen LogP contribution in [0.5, 0.6) is 11.5 Å². The van der Waals surface area contributed by atoms with E-state index in [0.717, 1.165) is 6.54 Å². The summed E-state index contributed by atoms with van der Waals surface area (Å²) < 4.78 is 10.9. The molecule has 0 spiro atoms. The van der Waals surface area contributed by atoms with Gasteiger partial charge in [-0.15, -0.1) is 0 Å². The molecule has 0 amide bonds. The van der Waals surface area contributed by atoms with E-state index >= 15 is 0 Å². The lowest BCUT2D eigenvalue weighted by Gasteiger charge is -2.25. The lowest BCUT2D eigenvalue weighted by Crippen LogP contribution is -2.36. The predicted molar refractivity (Wildman–Crippen MR) is 80.0 cm³/mol. The maximum atomic E-state index is 10.7. The van der Waals surface area contributed by atoms with E-state index in [2.05, 4.69) is 18.7 Å². The van der Waals surface area contributed by atoms with Crippen molar-refractivity contribution in [1.29, 1.82) is 0 Å². The van der Waals surface area contributed by atoms with Crippen LogP contribution in [0.2, 0.25) is 0 Å². The monoisotopic (exact) mass is 294 g/mol. The van der Waals surface area contributed by atoms with Crippen LogP contribution in [0, 0.1) is 10.1 Å². The molecular weight excluding hydrogens is 272 g/mol. The number of methoxy groups -OCH3 is 1. The van der Waals surface area contributed by atoms with E-state index in [1.54, 1.807) is 6.07 Å². The number of benzene rings is 1. The van der Waals surface area contributed by atoms with Crippen LogP contribution in [0.3, 0.4) is 0 Å². The zero-order valence-corrected chi connectivity index (χ0v) is 12.7. The number of nitrogens with zero attached hydrogens (tertiary/aromatic N) is 2. The summed E-state index contributed by atoms with van der Waals surface area (Å²) in [4.78, 5) is 12.7. The quantitative estimate of drug-likeness (QED) is 0.596. The highest BCUT2D eigenvalue weighted by Crippen LogP contribution is 2.31. The highest BCUT2D eigenvalue weighted by atomic mass is 16.6. The number of rotatable bonds is 6. The van der Waals surface area contributed by atoms with Crippen molar-refractivity contribution < 1.29 is 14.4 Å². The van der Waals surface area contributed by atoms with Crippen molar-refractivity contribution >= 4 is 5.69 Å². The van der Waals surface area contributed by atoms with E-state index in [1.165, 1.54) is 32.1 Å². The Labute approximate surface area is 124 Å². The third kappa shape index (κ3) is 3.64. The SMILES string of the molecule is COc1cc([N+](=O)[O-])ccc1OCCN1C(C)CCC1C. The van der Waals surface area contributed by atoms with Crippen LogP contribution in [0.1, 0.15) is 26.7 Å². The molecule has 0 bridgehead atoms. The Kier molecular flexibility index (Phi) is 5.01. The summed E-state index contributed by atoms with van der Waals surface area (Å²) in [7, 11) is 1.48. The van der Waals surface area contributed by atoms with E-state index in [0.29, 0.717) is 30.2 Å². The number of nitro benzene ring substituents is 1. The summed E-state index contributed by atoms with van der Waals surface area (Å²) in [5.41, 5.74) is 0.000914. The first-order chi connectivity index (χ1) is 10.0. The van der Waals surface area contributed by atoms with Crippen LogP contribution >= 0.6 is 0 Å². The summed E-state index contributed by atoms with van der Waals surface area (Å²) in [5.74, 6) is 0.939.